The van der Waals surface area contributed by atoms with Crippen LogP contribution in [0.2, 0.25) is 5.02 Å². The van der Waals surface area contributed by atoms with Crippen LogP contribution in [-0.2, 0) is 9.63 Å². The molecule has 0 radical (unpaired) electrons. The van der Waals surface area contributed by atoms with Crippen LogP contribution in [0.25, 0.3) is 11.1 Å². The number of hydrogen-bond acceptors (Lipinski definition) is 5. The van der Waals surface area contributed by atoms with Gasteiger partial charge in [-0.2, -0.15) is 0 Å². The molecule has 0 aliphatic carbocycles. The smallest absolute Gasteiger partial charge is 0.326 e. The second kappa shape index (κ2) is 7.37. The monoisotopic (exact) mass is 352 g/mol. The van der Waals surface area contributed by atoms with Crippen LogP contribution in [0, 0.1) is 0 Å². The molecule has 8 heteroatoms. The standard InChI is InChI=1S/C16H17ClN2O5/c1-9(16(21)22)19-8-14(23-2)12(7-15(19)20)11-6-10(17)4-5-13(11)18-24-3/h4-9,18H,1-3H3,(H,21,22). The third kappa shape index (κ3) is 3.52. The molecule has 2 rings (SSSR count). The van der Waals surface area contributed by atoms with Gasteiger partial charge in [0.2, 0.25) is 0 Å². The van der Waals surface area contributed by atoms with Gasteiger partial charge < -0.3 is 9.84 Å². The number of pyridine rings is 1. The Kier molecular flexibility index (Phi) is 5.48. The minimum atomic E-state index is -1.11. The lowest BCUT2D eigenvalue weighted by Gasteiger charge is -2.17. The molecule has 0 aliphatic heterocycles. The van der Waals surface area contributed by atoms with Gasteiger partial charge in [-0.25, -0.2) is 4.79 Å². The maximum Gasteiger partial charge on any atom is 0.326 e. The van der Waals surface area contributed by atoms with E-state index in [2.05, 4.69) is 5.48 Å². The van der Waals surface area contributed by atoms with Crippen LogP contribution in [-0.4, -0.2) is 29.9 Å². The Morgan fingerprint density at radius 3 is 2.58 bits per heavy atom. The van der Waals surface area contributed by atoms with E-state index in [1.807, 2.05) is 0 Å². The van der Waals surface area contributed by atoms with Crippen molar-refractivity contribution < 1.29 is 19.5 Å². The molecule has 2 aromatic rings. The van der Waals surface area contributed by atoms with Crippen LogP contribution in [0.4, 0.5) is 5.69 Å². The lowest BCUT2D eigenvalue weighted by molar-refractivity contribution is -0.140. The highest BCUT2D eigenvalue weighted by Crippen LogP contribution is 2.36. The zero-order valence-electron chi connectivity index (χ0n) is 13.4. The van der Waals surface area contributed by atoms with Gasteiger partial charge in [-0.3, -0.25) is 19.7 Å². The SMILES string of the molecule is CONc1ccc(Cl)cc1-c1cc(=O)n(C(C)C(=O)O)cc1OC. The van der Waals surface area contributed by atoms with E-state index in [9.17, 15) is 9.59 Å². The molecule has 1 aromatic carbocycles. The summed E-state index contributed by atoms with van der Waals surface area (Å²) in [5.74, 6) is -0.777. The maximum atomic E-state index is 12.3. The number of aromatic nitrogens is 1. The minimum Gasteiger partial charge on any atom is -0.495 e. The Balaban J connectivity index is 2.68. The van der Waals surface area contributed by atoms with E-state index in [1.165, 1.54) is 33.4 Å². The fourth-order valence-electron chi connectivity index (χ4n) is 2.26. The summed E-state index contributed by atoms with van der Waals surface area (Å²) >= 11 is 6.06. The van der Waals surface area contributed by atoms with Crippen LogP contribution in [0.1, 0.15) is 13.0 Å². The van der Waals surface area contributed by atoms with E-state index in [-0.39, 0.29) is 0 Å². The van der Waals surface area contributed by atoms with Crippen LogP contribution in [0.3, 0.4) is 0 Å². The summed E-state index contributed by atoms with van der Waals surface area (Å²) in [6.45, 7) is 1.42. The molecule has 0 saturated carbocycles. The normalized spacial score (nSPS) is 11.8. The number of carbonyl (C=O) groups is 1. The molecule has 0 aliphatic rings. The molecule has 0 amide bonds. The molecule has 128 valence electrons. The molecule has 1 atom stereocenters. The average Bonchev–Trinajstić information content (AvgIpc) is 2.55. The molecule has 1 unspecified atom stereocenters. The molecule has 2 N–H and O–H groups in total. The average molecular weight is 353 g/mol. The Labute approximate surface area is 143 Å². The van der Waals surface area contributed by atoms with Gasteiger partial charge in [-0.15, -0.1) is 0 Å². The molecule has 0 saturated heterocycles. The van der Waals surface area contributed by atoms with Crippen molar-refractivity contribution in [3.05, 3.63) is 45.8 Å². The summed E-state index contributed by atoms with van der Waals surface area (Å²) in [5.41, 5.74) is 3.89. The predicted octanol–water partition coefficient (Wildman–Crippen LogP) is 2.80. The predicted molar refractivity (Wildman–Crippen MR) is 90.7 cm³/mol. The topological polar surface area (TPSA) is 89.8 Å². The van der Waals surface area contributed by atoms with Crippen molar-refractivity contribution in [3.63, 3.8) is 0 Å². The van der Waals surface area contributed by atoms with Crippen molar-refractivity contribution in [2.75, 3.05) is 19.7 Å². The molecule has 7 nitrogen and oxygen atoms in total. The van der Waals surface area contributed by atoms with Gasteiger partial charge in [0, 0.05) is 22.2 Å². The molecule has 1 aromatic heterocycles. The van der Waals surface area contributed by atoms with E-state index in [4.69, 9.17) is 26.3 Å². The zero-order valence-corrected chi connectivity index (χ0v) is 14.1. The van der Waals surface area contributed by atoms with Gasteiger partial charge in [0.25, 0.3) is 5.56 Å². The Morgan fingerprint density at radius 2 is 2.00 bits per heavy atom. The van der Waals surface area contributed by atoms with E-state index < -0.39 is 17.6 Å². The molecule has 0 bridgehead atoms. The molecular weight excluding hydrogens is 336 g/mol. The first-order chi connectivity index (χ1) is 11.4. The van der Waals surface area contributed by atoms with Crippen molar-refractivity contribution >= 4 is 23.3 Å². The Bertz CT molecular complexity index is 819. The van der Waals surface area contributed by atoms with Crippen molar-refractivity contribution in [3.8, 4) is 16.9 Å². The zero-order chi connectivity index (χ0) is 17.9. The lowest BCUT2D eigenvalue weighted by atomic mass is 10.0. The number of hydrogen-bond donors (Lipinski definition) is 2. The van der Waals surface area contributed by atoms with Crippen molar-refractivity contribution in [2.45, 2.75) is 13.0 Å². The highest BCUT2D eigenvalue weighted by atomic mass is 35.5. The lowest BCUT2D eigenvalue weighted by Crippen LogP contribution is -2.27. The van der Waals surface area contributed by atoms with Gasteiger partial charge >= 0.3 is 5.97 Å². The number of nitrogens with one attached hydrogen (secondary N) is 1. The number of anilines is 1. The molecule has 1 heterocycles. The fourth-order valence-corrected chi connectivity index (χ4v) is 2.43. The summed E-state index contributed by atoms with van der Waals surface area (Å²) in [6, 6.07) is 5.32. The van der Waals surface area contributed by atoms with Crippen molar-refractivity contribution in [1.82, 2.24) is 4.57 Å². The van der Waals surface area contributed by atoms with E-state index in [1.54, 1.807) is 18.2 Å². The third-order valence-corrected chi connectivity index (χ3v) is 3.76. The summed E-state index contributed by atoms with van der Waals surface area (Å²) in [6.07, 6.45) is 1.37. The van der Waals surface area contributed by atoms with Crippen LogP contribution in [0.15, 0.2) is 35.3 Å². The highest BCUT2D eigenvalue weighted by Gasteiger charge is 2.19. The summed E-state index contributed by atoms with van der Waals surface area (Å²) < 4.78 is 6.43. The second-order valence-corrected chi connectivity index (χ2v) is 5.45. The Hall–Kier alpha value is -2.51. The summed E-state index contributed by atoms with van der Waals surface area (Å²) in [4.78, 5) is 28.4. The van der Waals surface area contributed by atoms with Crippen molar-refractivity contribution in [1.29, 1.82) is 0 Å². The number of benzene rings is 1. The van der Waals surface area contributed by atoms with Crippen LogP contribution >= 0.6 is 11.6 Å². The first-order valence-corrected chi connectivity index (χ1v) is 7.38. The molecule has 24 heavy (non-hydrogen) atoms. The van der Waals surface area contributed by atoms with Gasteiger partial charge in [-0.05, 0) is 25.1 Å². The minimum absolute atomic E-state index is 0.337. The first kappa shape index (κ1) is 17.8. The summed E-state index contributed by atoms with van der Waals surface area (Å²) in [7, 11) is 2.90. The van der Waals surface area contributed by atoms with E-state index in [0.29, 0.717) is 27.6 Å². The summed E-state index contributed by atoms with van der Waals surface area (Å²) in [5, 5.41) is 9.59. The van der Waals surface area contributed by atoms with Crippen molar-refractivity contribution in [2.24, 2.45) is 0 Å². The number of halogens is 1. The third-order valence-electron chi connectivity index (χ3n) is 3.52. The maximum absolute atomic E-state index is 12.3. The number of nitrogens with zero attached hydrogens (tertiary/aromatic N) is 1. The molecule has 0 fully saturated rings. The Morgan fingerprint density at radius 1 is 1.29 bits per heavy atom. The van der Waals surface area contributed by atoms with Crippen LogP contribution in [0.5, 0.6) is 5.75 Å². The first-order valence-electron chi connectivity index (χ1n) is 7.01. The van der Waals surface area contributed by atoms with Gasteiger partial charge in [0.1, 0.15) is 11.8 Å². The van der Waals surface area contributed by atoms with E-state index in [0.717, 1.165) is 4.57 Å². The quantitative estimate of drug-likeness (QED) is 0.777. The second-order valence-electron chi connectivity index (χ2n) is 5.01. The van der Waals surface area contributed by atoms with Gasteiger partial charge in [0.05, 0.1) is 26.1 Å². The van der Waals surface area contributed by atoms with Crippen LogP contribution < -0.4 is 15.8 Å². The number of methoxy groups -OCH3 is 1. The van der Waals surface area contributed by atoms with Gasteiger partial charge in [-0.1, -0.05) is 11.6 Å². The largest absolute Gasteiger partial charge is 0.495 e. The number of carboxylic acids is 1. The van der Waals surface area contributed by atoms with Gasteiger partial charge in [0.15, 0.2) is 0 Å². The molecule has 0 spiro atoms. The highest BCUT2D eigenvalue weighted by molar-refractivity contribution is 6.31. The molecular formula is C16H17ClN2O5. The number of rotatable bonds is 6. The number of carboxylic acid groups (broad SMARTS) is 1. The number of aliphatic carboxylic acids is 1. The fraction of sp³-hybridized carbons (Fsp3) is 0.250. The number of ether oxygens (including phenoxy) is 1. The van der Waals surface area contributed by atoms with E-state index >= 15 is 0 Å².